The lowest BCUT2D eigenvalue weighted by molar-refractivity contribution is 0.288. The quantitative estimate of drug-likeness (QED) is 0.883. The molecule has 1 fully saturated rings. The summed E-state index contributed by atoms with van der Waals surface area (Å²) in [6.07, 6.45) is 2.49. The molecule has 1 heterocycles. The number of rotatable bonds is 6. The monoisotopic (exact) mass is 302 g/mol. The summed E-state index contributed by atoms with van der Waals surface area (Å²) in [6.45, 7) is 0.708. The van der Waals surface area contributed by atoms with E-state index in [1.54, 1.807) is 7.11 Å². The van der Waals surface area contributed by atoms with E-state index in [0.29, 0.717) is 24.1 Å². The Morgan fingerprint density at radius 1 is 1.24 bits per heavy atom. The molecule has 0 amide bonds. The first kappa shape index (κ1) is 14.1. The summed E-state index contributed by atoms with van der Waals surface area (Å²) in [5.41, 5.74) is 6.51. The fourth-order valence-electron chi connectivity index (χ4n) is 1.90. The summed E-state index contributed by atoms with van der Waals surface area (Å²) in [6, 6.07) is 11.6. The topological polar surface area (TPSA) is 57.4 Å². The molecule has 0 bridgehead atoms. The molecule has 2 N–H and O–H groups in total. The highest BCUT2D eigenvalue weighted by Crippen LogP contribution is 2.36. The minimum Gasteiger partial charge on any atom is -0.496 e. The highest BCUT2D eigenvalue weighted by Gasteiger charge is 2.22. The van der Waals surface area contributed by atoms with E-state index < -0.39 is 0 Å². The van der Waals surface area contributed by atoms with Gasteiger partial charge in [0.2, 0.25) is 5.88 Å². The number of pyridine rings is 1. The molecule has 1 aliphatic rings. The Morgan fingerprint density at radius 3 is 2.81 bits per heavy atom. The Kier molecular flexibility index (Phi) is 4.20. The van der Waals surface area contributed by atoms with Gasteiger partial charge in [-0.25, -0.2) is 4.98 Å². The minimum absolute atomic E-state index is 0.529. The van der Waals surface area contributed by atoms with Crippen molar-refractivity contribution in [1.82, 2.24) is 4.98 Å². The van der Waals surface area contributed by atoms with Crippen LogP contribution in [0.25, 0.3) is 0 Å². The van der Waals surface area contributed by atoms with Crippen molar-refractivity contribution in [2.75, 3.05) is 19.5 Å². The van der Waals surface area contributed by atoms with Gasteiger partial charge in [0.15, 0.2) is 0 Å². The van der Waals surface area contributed by atoms with E-state index >= 15 is 0 Å². The SMILES string of the molecule is COc1ccccc1Sc1ccc(N)c(OCC2CC2)n1. The third-order valence-electron chi connectivity index (χ3n) is 3.30. The molecule has 1 aromatic heterocycles. The minimum atomic E-state index is 0.529. The maximum Gasteiger partial charge on any atom is 0.238 e. The Labute approximate surface area is 128 Å². The fraction of sp³-hybridized carbons (Fsp3) is 0.312. The highest BCUT2D eigenvalue weighted by atomic mass is 32.2. The molecule has 5 heteroatoms. The first-order chi connectivity index (χ1) is 10.3. The molecule has 4 nitrogen and oxygen atoms in total. The molecule has 1 saturated carbocycles. The number of hydrogen-bond acceptors (Lipinski definition) is 5. The van der Waals surface area contributed by atoms with Gasteiger partial charge in [0, 0.05) is 0 Å². The Balaban J connectivity index is 1.76. The van der Waals surface area contributed by atoms with E-state index in [4.69, 9.17) is 15.2 Å². The number of benzene rings is 1. The highest BCUT2D eigenvalue weighted by molar-refractivity contribution is 7.99. The smallest absolute Gasteiger partial charge is 0.238 e. The zero-order valence-corrected chi connectivity index (χ0v) is 12.7. The van der Waals surface area contributed by atoms with Crippen LogP contribution in [0, 0.1) is 5.92 Å². The van der Waals surface area contributed by atoms with E-state index in [1.165, 1.54) is 24.6 Å². The summed E-state index contributed by atoms with van der Waals surface area (Å²) < 4.78 is 11.1. The molecule has 0 radical (unpaired) electrons. The van der Waals surface area contributed by atoms with E-state index in [2.05, 4.69) is 4.98 Å². The lowest BCUT2D eigenvalue weighted by Crippen LogP contribution is -2.04. The number of nitrogens with two attached hydrogens (primary N) is 1. The third-order valence-corrected chi connectivity index (χ3v) is 4.29. The van der Waals surface area contributed by atoms with E-state index in [1.807, 2.05) is 36.4 Å². The third kappa shape index (κ3) is 3.61. The van der Waals surface area contributed by atoms with Crippen molar-refractivity contribution in [3.63, 3.8) is 0 Å². The van der Waals surface area contributed by atoms with Crippen molar-refractivity contribution < 1.29 is 9.47 Å². The summed E-state index contributed by atoms with van der Waals surface area (Å²) in [5.74, 6) is 2.04. The second-order valence-electron chi connectivity index (χ2n) is 5.05. The zero-order chi connectivity index (χ0) is 14.7. The van der Waals surface area contributed by atoms with Crippen molar-refractivity contribution >= 4 is 17.4 Å². The average molecular weight is 302 g/mol. The number of anilines is 1. The summed E-state index contributed by atoms with van der Waals surface area (Å²) in [7, 11) is 1.67. The largest absolute Gasteiger partial charge is 0.496 e. The molecule has 2 aromatic rings. The van der Waals surface area contributed by atoms with Gasteiger partial charge in [-0.2, -0.15) is 0 Å². The maximum absolute atomic E-state index is 5.92. The molecule has 0 spiro atoms. The number of methoxy groups -OCH3 is 1. The molecule has 21 heavy (non-hydrogen) atoms. The van der Waals surface area contributed by atoms with E-state index in [-0.39, 0.29) is 0 Å². The molecule has 1 aliphatic carbocycles. The van der Waals surface area contributed by atoms with Gasteiger partial charge in [0.05, 0.1) is 24.3 Å². The predicted molar refractivity (Wildman–Crippen MR) is 84.0 cm³/mol. The van der Waals surface area contributed by atoms with Crippen molar-refractivity contribution in [2.24, 2.45) is 5.92 Å². The molecule has 110 valence electrons. The van der Waals surface area contributed by atoms with Crippen LogP contribution in [0.15, 0.2) is 46.3 Å². The van der Waals surface area contributed by atoms with Crippen LogP contribution >= 0.6 is 11.8 Å². The van der Waals surface area contributed by atoms with Crippen LogP contribution in [-0.4, -0.2) is 18.7 Å². The standard InChI is InChI=1S/C16H18N2O2S/c1-19-13-4-2-3-5-14(13)21-15-9-8-12(17)16(18-15)20-10-11-6-7-11/h2-5,8-9,11H,6-7,10,17H2,1H3. The number of aromatic nitrogens is 1. The summed E-state index contributed by atoms with van der Waals surface area (Å²) in [5, 5.41) is 0.847. The van der Waals surface area contributed by atoms with Crippen LogP contribution in [0.5, 0.6) is 11.6 Å². The second kappa shape index (κ2) is 6.26. The lowest BCUT2D eigenvalue weighted by atomic mass is 10.3. The van der Waals surface area contributed by atoms with Crippen LogP contribution < -0.4 is 15.2 Å². The number of hydrogen-bond donors (Lipinski definition) is 1. The van der Waals surface area contributed by atoms with Crippen LogP contribution in [0.1, 0.15) is 12.8 Å². The van der Waals surface area contributed by atoms with Crippen LogP contribution in [0.4, 0.5) is 5.69 Å². The molecular formula is C16H18N2O2S. The van der Waals surface area contributed by atoms with Crippen molar-refractivity contribution in [1.29, 1.82) is 0 Å². The van der Waals surface area contributed by atoms with Crippen molar-refractivity contribution in [2.45, 2.75) is 22.8 Å². The van der Waals surface area contributed by atoms with Gasteiger partial charge in [-0.3, -0.25) is 0 Å². The van der Waals surface area contributed by atoms with Gasteiger partial charge >= 0.3 is 0 Å². The molecular weight excluding hydrogens is 284 g/mol. The Bertz CT molecular complexity index is 629. The Hall–Kier alpha value is -1.88. The molecule has 0 aliphatic heterocycles. The first-order valence-corrected chi connectivity index (χ1v) is 7.78. The average Bonchev–Trinajstić information content (AvgIpc) is 3.32. The predicted octanol–water partition coefficient (Wildman–Crippen LogP) is 3.61. The summed E-state index contributed by atoms with van der Waals surface area (Å²) in [4.78, 5) is 5.52. The van der Waals surface area contributed by atoms with Crippen LogP contribution in [-0.2, 0) is 0 Å². The van der Waals surface area contributed by atoms with Crippen molar-refractivity contribution in [3.8, 4) is 11.6 Å². The Morgan fingerprint density at radius 2 is 2.05 bits per heavy atom. The summed E-state index contributed by atoms with van der Waals surface area (Å²) >= 11 is 1.54. The normalized spacial score (nSPS) is 14.0. The van der Waals surface area contributed by atoms with E-state index in [9.17, 15) is 0 Å². The number of ether oxygens (including phenoxy) is 2. The van der Waals surface area contributed by atoms with Gasteiger partial charge in [0.1, 0.15) is 10.8 Å². The van der Waals surface area contributed by atoms with Gasteiger partial charge in [0.25, 0.3) is 0 Å². The molecule has 0 saturated heterocycles. The maximum atomic E-state index is 5.92. The van der Waals surface area contributed by atoms with Crippen LogP contribution in [0.3, 0.4) is 0 Å². The van der Waals surface area contributed by atoms with Crippen molar-refractivity contribution in [3.05, 3.63) is 36.4 Å². The fourth-order valence-corrected chi connectivity index (χ4v) is 2.79. The molecule has 0 unspecified atom stereocenters. The zero-order valence-electron chi connectivity index (χ0n) is 11.9. The lowest BCUT2D eigenvalue weighted by Gasteiger charge is -2.10. The number of nitrogens with zero attached hydrogens (tertiary/aromatic N) is 1. The second-order valence-corrected chi connectivity index (χ2v) is 6.11. The van der Waals surface area contributed by atoms with Crippen LogP contribution in [0.2, 0.25) is 0 Å². The van der Waals surface area contributed by atoms with Gasteiger partial charge in [-0.1, -0.05) is 23.9 Å². The van der Waals surface area contributed by atoms with Gasteiger partial charge in [-0.05, 0) is 43.0 Å². The van der Waals surface area contributed by atoms with Gasteiger partial charge < -0.3 is 15.2 Å². The first-order valence-electron chi connectivity index (χ1n) is 6.96. The number of para-hydroxylation sites is 1. The number of nitrogen functional groups attached to an aromatic ring is 1. The van der Waals surface area contributed by atoms with Gasteiger partial charge in [-0.15, -0.1) is 0 Å². The molecule has 3 rings (SSSR count). The van der Waals surface area contributed by atoms with E-state index in [0.717, 1.165) is 15.7 Å². The molecule has 0 atom stereocenters. The molecule has 1 aromatic carbocycles.